The summed E-state index contributed by atoms with van der Waals surface area (Å²) in [7, 11) is 0. The van der Waals surface area contributed by atoms with Crippen molar-refractivity contribution >= 4 is 11.6 Å². The van der Waals surface area contributed by atoms with Gasteiger partial charge < -0.3 is 21.3 Å². The summed E-state index contributed by atoms with van der Waals surface area (Å²) >= 11 is 0. The van der Waals surface area contributed by atoms with E-state index < -0.39 is 36.8 Å². The van der Waals surface area contributed by atoms with Crippen molar-refractivity contribution in [1.82, 2.24) is 5.32 Å². The van der Waals surface area contributed by atoms with Crippen LogP contribution in [-0.4, -0.2) is 35.4 Å². The number of aliphatic hydroxyl groups excluding tert-OH is 2. The largest absolute Gasteiger partial charge is 0.398 e. The van der Waals surface area contributed by atoms with Crippen molar-refractivity contribution in [2.45, 2.75) is 6.04 Å². The highest BCUT2D eigenvalue weighted by atomic mass is 19.2. The van der Waals surface area contributed by atoms with Crippen LogP contribution in [0.1, 0.15) is 10.4 Å². The maximum absolute atomic E-state index is 12.9. The minimum Gasteiger partial charge on any atom is -0.398 e. The fraction of sp³-hybridized carbons (Fsp3) is 0.300. The number of amides is 1. The first-order valence-corrected chi connectivity index (χ1v) is 4.76. The summed E-state index contributed by atoms with van der Waals surface area (Å²) in [5, 5.41) is 19.7. The third-order valence-electron chi connectivity index (χ3n) is 2.11. The summed E-state index contributed by atoms with van der Waals surface area (Å²) in [4.78, 5) is 11.6. The Morgan fingerprint density at radius 1 is 1.29 bits per heavy atom. The van der Waals surface area contributed by atoms with E-state index in [4.69, 9.17) is 15.9 Å². The number of hydrogen-bond acceptors (Lipinski definition) is 4. The van der Waals surface area contributed by atoms with Crippen molar-refractivity contribution in [2.24, 2.45) is 0 Å². The molecule has 94 valence electrons. The van der Waals surface area contributed by atoms with E-state index in [2.05, 4.69) is 5.32 Å². The lowest BCUT2D eigenvalue weighted by Gasteiger charge is -2.14. The number of halogens is 2. The molecule has 1 amide bonds. The summed E-state index contributed by atoms with van der Waals surface area (Å²) in [6, 6.07) is 0.471. The zero-order valence-electron chi connectivity index (χ0n) is 8.78. The normalized spacial score (nSPS) is 10.6. The predicted molar refractivity (Wildman–Crippen MR) is 56.2 cm³/mol. The second-order valence-electron chi connectivity index (χ2n) is 3.39. The predicted octanol–water partition coefficient (Wildman–Crippen LogP) is -0.370. The molecule has 5 N–H and O–H groups in total. The van der Waals surface area contributed by atoms with Crippen molar-refractivity contribution < 1.29 is 23.8 Å². The molecule has 5 nitrogen and oxygen atoms in total. The standard InChI is InChI=1S/C10H12F2N2O3/c11-7-1-6(9(13)2-8(7)12)10(17)14-5(3-15)4-16/h1-2,5,15-16H,3-4,13H2,(H,14,17). The topological polar surface area (TPSA) is 95.6 Å². The summed E-state index contributed by atoms with van der Waals surface area (Å²) in [6.45, 7) is -0.961. The van der Waals surface area contributed by atoms with E-state index in [1.165, 1.54) is 0 Å². The van der Waals surface area contributed by atoms with E-state index >= 15 is 0 Å². The van der Waals surface area contributed by atoms with Gasteiger partial charge in [0.15, 0.2) is 11.6 Å². The van der Waals surface area contributed by atoms with Gasteiger partial charge in [-0.2, -0.15) is 0 Å². The maximum Gasteiger partial charge on any atom is 0.253 e. The number of nitrogen functional groups attached to an aromatic ring is 1. The highest BCUT2D eigenvalue weighted by Gasteiger charge is 2.17. The van der Waals surface area contributed by atoms with Crippen LogP contribution in [0.3, 0.4) is 0 Å². The van der Waals surface area contributed by atoms with Crippen LogP contribution in [0.25, 0.3) is 0 Å². The molecule has 1 rings (SSSR count). The molecule has 0 atom stereocenters. The van der Waals surface area contributed by atoms with Crippen LogP contribution in [0, 0.1) is 11.6 Å². The number of carbonyl (C=O) groups excluding carboxylic acids is 1. The number of anilines is 1. The fourth-order valence-electron chi connectivity index (χ4n) is 1.17. The molecule has 1 aromatic carbocycles. The van der Waals surface area contributed by atoms with Crippen LogP contribution in [0.5, 0.6) is 0 Å². The highest BCUT2D eigenvalue weighted by Crippen LogP contribution is 2.16. The summed E-state index contributed by atoms with van der Waals surface area (Å²) in [5.41, 5.74) is 4.88. The Hall–Kier alpha value is -1.73. The van der Waals surface area contributed by atoms with Gasteiger partial charge in [0.25, 0.3) is 5.91 Å². The lowest BCUT2D eigenvalue weighted by molar-refractivity contribution is 0.0880. The van der Waals surface area contributed by atoms with E-state index in [0.29, 0.717) is 12.1 Å². The Kier molecular flexibility index (Phi) is 4.36. The first kappa shape index (κ1) is 13.3. The number of benzene rings is 1. The number of aliphatic hydroxyl groups is 2. The van der Waals surface area contributed by atoms with Gasteiger partial charge in [0.1, 0.15) is 0 Å². The van der Waals surface area contributed by atoms with Crippen molar-refractivity contribution in [2.75, 3.05) is 18.9 Å². The quantitative estimate of drug-likeness (QED) is 0.545. The Bertz CT molecular complexity index is 422. The van der Waals surface area contributed by atoms with Gasteiger partial charge in [-0.25, -0.2) is 8.78 Å². The fourth-order valence-corrected chi connectivity index (χ4v) is 1.17. The highest BCUT2D eigenvalue weighted by molar-refractivity contribution is 5.99. The lowest BCUT2D eigenvalue weighted by Crippen LogP contribution is -2.40. The Labute approximate surface area is 95.9 Å². The van der Waals surface area contributed by atoms with E-state index in [-0.39, 0.29) is 11.3 Å². The van der Waals surface area contributed by atoms with Gasteiger partial charge in [-0.3, -0.25) is 4.79 Å². The van der Waals surface area contributed by atoms with Gasteiger partial charge in [-0.1, -0.05) is 0 Å². The third-order valence-corrected chi connectivity index (χ3v) is 2.11. The van der Waals surface area contributed by atoms with Crippen molar-refractivity contribution in [3.63, 3.8) is 0 Å². The van der Waals surface area contributed by atoms with Gasteiger partial charge in [0, 0.05) is 11.8 Å². The van der Waals surface area contributed by atoms with E-state index in [9.17, 15) is 13.6 Å². The molecule has 0 fully saturated rings. The first-order chi connectivity index (χ1) is 7.99. The zero-order valence-corrected chi connectivity index (χ0v) is 8.78. The summed E-state index contributed by atoms with van der Waals surface area (Å²) in [5.74, 6) is -3.15. The molecule has 0 spiro atoms. The molecule has 0 saturated heterocycles. The molecule has 0 bridgehead atoms. The summed E-state index contributed by atoms with van der Waals surface area (Å²) < 4.78 is 25.7. The Morgan fingerprint density at radius 2 is 1.82 bits per heavy atom. The molecule has 0 saturated carbocycles. The Balaban J connectivity index is 2.93. The molecule has 0 aliphatic heterocycles. The molecule has 7 heteroatoms. The van der Waals surface area contributed by atoms with Crippen molar-refractivity contribution in [1.29, 1.82) is 0 Å². The number of nitrogens with one attached hydrogen (secondary N) is 1. The average Bonchev–Trinajstić information content (AvgIpc) is 2.30. The lowest BCUT2D eigenvalue weighted by atomic mass is 10.1. The van der Waals surface area contributed by atoms with Crippen LogP contribution in [0.2, 0.25) is 0 Å². The zero-order chi connectivity index (χ0) is 13.0. The van der Waals surface area contributed by atoms with Gasteiger partial charge in [0.05, 0.1) is 24.8 Å². The molecule has 0 aliphatic rings. The molecule has 17 heavy (non-hydrogen) atoms. The van der Waals surface area contributed by atoms with Gasteiger partial charge in [-0.15, -0.1) is 0 Å². The maximum atomic E-state index is 12.9. The molecule has 0 aromatic heterocycles. The van der Waals surface area contributed by atoms with Gasteiger partial charge >= 0.3 is 0 Å². The first-order valence-electron chi connectivity index (χ1n) is 4.76. The van der Waals surface area contributed by atoms with Gasteiger partial charge in [-0.05, 0) is 6.07 Å². The minimum absolute atomic E-state index is 0.226. The van der Waals surface area contributed by atoms with Crippen LogP contribution >= 0.6 is 0 Å². The number of carbonyl (C=O) groups is 1. The minimum atomic E-state index is -1.20. The van der Waals surface area contributed by atoms with E-state index in [1.54, 1.807) is 0 Å². The second kappa shape index (κ2) is 5.55. The smallest absolute Gasteiger partial charge is 0.253 e. The van der Waals surface area contributed by atoms with Crippen LogP contribution in [0.4, 0.5) is 14.5 Å². The number of hydrogen-bond donors (Lipinski definition) is 4. The van der Waals surface area contributed by atoms with Crippen LogP contribution in [0.15, 0.2) is 12.1 Å². The van der Waals surface area contributed by atoms with E-state index in [0.717, 1.165) is 0 Å². The van der Waals surface area contributed by atoms with Crippen LogP contribution in [-0.2, 0) is 0 Å². The van der Waals surface area contributed by atoms with Crippen molar-refractivity contribution in [3.8, 4) is 0 Å². The molecule has 0 radical (unpaired) electrons. The molecular formula is C10H12F2N2O3. The number of rotatable bonds is 4. The van der Waals surface area contributed by atoms with E-state index in [1.807, 2.05) is 0 Å². The van der Waals surface area contributed by atoms with Crippen molar-refractivity contribution in [3.05, 3.63) is 29.3 Å². The monoisotopic (exact) mass is 246 g/mol. The average molecular weight is 246 g/mol. The molecule has 0 heterocycles. The molecular weight excluding hydrogens is 234 g/mol. The van der Waals surface area contributed by atoms with Gasteiger partial charge in [0.2, 0.25) is 0 Å². The third kappa shape index (κ3) is 3.11. The van der Waals surface area contributed by atoms with Crippen LogP contribution < -0.4 is 11.1 Å². The Morgan fingerprint density at radius 3 is 2.35 bits per heavy atom. The SMILES string of the molecule is Nc1cc(F)c(F)cc1C(=O)NC(CO)CO. The molecule has 1 aromatic rings. The second-order valence-corrected chi connectivity index (χ2v) is 3.39. The molecule has 0 unspecified atom stereocenters. The number of nitrogens with two attached hydrogens (primary N) is 1. The summed E-state index contributed by atoms with van der Waals surface area (Å²) in [6.07, 6.45) is 0. The molecule has 0 aliphatic carbocycles.